The second-order valence-corrected chi connectivity index (χ2v) is 2.83. The van der Waals surface area contributed by atoms with Gasteiger partial charge in [0.1, 0.15) is 0 Å². The summed E-state index contributed by atoms with van der Waals surface area (Å²) < 4.78 is 1.32. The van der Waals surface area contributed by atoms with Gasteiger partial charge in [-0.25, -0.2) is 4.98 Å². The minimum Gasteiger partial charge on any atom is -0.870 e. The molecule has 2 aromatic heterocycles. The standard InChI is InChI=1S/C7H5NS.H2O/c1-3-8-5-7-6(1)2-4-9-7;/h1-5H;1H2. The van der Waals surface area contributed by atoms with Crippen molar-refractivity contribution in [1.82, 2.24) is 0 Å². The zero-order valence-corrected chi connectivity index (χ0v) is 6.06. The van der Waals surface area contributed by atoms with Crippen LogP contribution >= 0.6 is 11.3 Å². The van der Waals surface area contributed by atoms with E-state index < -0.39 is 0 Å². The Morgan fingerprint density at radius 2 is 2.20 bits per heavy atom. The zero-order valence-electron chi connectivity index (χ0n) is 5.24. The lowest BCUT2D eigenvalue weighted by Gasteiger charge is -1.76. The summed E-state index contributed by atoms with van der Waals surface area (Å²) in [6.07, 6.45) is 3.95. The molecule has 2 heterocycles. The van der Waals surface area contributed by atoms with Crippen LogP contribution in [-0.2, 0) is 0 Å². The summed E-state index contributed by atoms with van der Waals surface area (Å²) in [7, 11) is 0. The van der Waals surface area contributed by atoms with E-state index in [-0.39, 0.29) is 5.48 Å². The van der Waals surface area contributed by atoms with Crippen LogP contribution in [-0.4, -0.2) is 5.48 Å². The lowest BCUT2D eigenvalue weighted by atomic mass is 10.3. The van der Waals surface area contributed by atoms with Gasteiger partial charge in [0.2, 0.25) is 0 Å². The van der Waals surface area contributed by atoms with Gasteiger partial charge in [-0.15, -0.1) is 11.3 Å². The van der Waals surface area contributed by atoms with E-state index in [2.05, 4.69) is 22.5 Å². The SMILES string of the molecule is [OH-].c1cc2ccsc2c[nH+]1. The molecule has 0 fully saturated rings. The van der Waals surface area contributed by atoms with Gasteiger partial charge in [-0.3, -0.25) is 0 Å². The third kappa shape index (κ3) is 1.01. The summed E-state index contributed by atoms with van der Waals surface area (Å²) in [5.41, 5.74) is 0. The van der Waals surface area contributed by atoms with Gasteiger partial charge in [0, 0.05) is 11.5 Å². The molecular weight excluding hydrogens is 146 g/mol. The van der Waals surface area contributed by atoms with Crippen molar-refractivity contribution in [3.8, 4) is 0 Å². The molecule has 0 aromatic carbocycles. The molecule has 0 saturated heterocycles. The van der Waals surface area contributed by atoms with Crippen LogP contribution in [0.25, 0.3) is 10.1 Å². The van der Waals surface area contributed by atoms with E-state index in [1.54, 1.807) is 11.3 Å². The average Bonchev–Trinajstić information content (AvgIpc) is 2.33. The fourth-order valence-electron chi connectivity index (χ4n) is 0.848. The first-order valence-electron chi connectivity index (χ1n) is 2.80. The summed E-state index contributed by atoms with van der Waals surface area (Å²) in [5, 5.41) is 3.41. The maximum absolute atomic E-state index is 3.03. The van der Waals surface area contributed by atoms with Crippen LogP contribution in [0, 0.1) is 0 Å². The molecule has 0 spiro atoms. The lowest BCUT2D eigenvalue weighted by molar-refractivity contribution is -0.375. The molecule has 10 heavy (non-hydrogen) atoms. The predicted molar refractivity (Wildman–Crippen MR) is 40.3 cm³/mol. The highest BCUT2D eigenvalue weighted by Crippen LogP contribution is 2.16. The Morgan fingerprint density at radius 3 is 3.00 bits per heavy atom. The van der Waals surface area contributed by atoms with Crippen molar-refractivity contribution in [2.24, 2.45) is 0 Å². The number of nitrogens with one attached hydrogen (secondary N) is 1. The van der Waals surface area contributed by atoms with Crippen molar-refractivity contribution in [1.29, 1.82) is 0 Å². The van der Waals surface area contributed by atoms with E-state index in [9.17, 15) is 0 Å². The summed E-state index contributed by atoms with van der Waals surface area (Å²) >= 11 is 1.76. The quantitative estimate of drug-likeness (QED) is 0.566. The molecule has 0 amide bonds. The van der Waals surface area contributed by atoms with Crippen molar-refractivity contribution in [3.05, 3.63) is 29.9 Å². The molecule has 0 radical (unpaired) electrons. The van der Waals surface area contributed by atoms with E-state index in [1.165, 1.54) is 10.1 Å². The van der Waals surface area contributed by atoms with E-state index in [0.717, 1.165) is 0 Å². The molecule has 2 nitrogen and oxygen atoms in total. The number of aromatic amines is 1. The molecule has 0 bridgehead atoms. The molecule has 0 unspecified atom stereocenters. The molecule has 0 aliphatic rings. The fraction of sp³-hybridized carbons (Fsp3) is 0. The first-order chi connectivity index (χ1) is 4.47. The van der Waals surface area contributed by atoms with E-state index in [4.69, 9.17) is 0 Å². The molecule has 52 valence electrons. The molecule has 3 heteroatoms. The second kappa shape index (κ2) is 2.77. The minimum absolute atomic E-state index is 0. The molecule has 0 saturated carbocycles. The summed E-state index contributed by atoms with van der Waals surface area (Å²) in [6, 6.07) is 4.19. The molecule has 0 aliphatic heterocycles. The second-order valence-electron chi connectivity index (χ2n) is 1.88. The third-order valence-electron chi connectivity index (χ3n) is 1.30. The summed E-state index contributed by atoms with van der Waals surface area (Å²) in [4.78, 5) is 3.03. The maximum Gasteiger partial charge on any atom is 0.184 e. The van der Waals surface area contributed by atoms with Gasteiger partial charge in [-0.05, 0) is 11.4 Å². The van der Waals surface area contributed by atoms with Gasteiger partial charge in [-0.2, -0.15) is 0 Å². The summed E-state index contributed by atoms with van der Waals surface area (Å²) in [6.45, 7) is 0. The Morgan fingerprint density at radius 1 is 1.30 bits per heavy atom. The van der Waals surface area contributed by atoms with Gasteiger partial charge in [-0.1, -0.05) is 0 Å². The monoisotopic (exact) mass is 153 g/mol. The highest BCUT2D eigenvalue weighted by atomic mass is 32.1. The van der Waals surface area contributed by atoms with Crippen LogP contribution in [0.5, 0.6) is 0 Å². The molecule has 2 aromatic rings. The predicted octanol–water partition coefficient (Wildman–Crippen LogP) is 1.54. The first-order valence-corrected chi connectivity index (χ1v) is 3.68. The van der Waals surface area contributed by atoms with Crippen LogP contribution in [0.15, 0.2) is 29.9 Å². The Labute approximate surface area is 62.5 Å². The molecular formula is C7H7NOS. The highest BCUT2D eigenvalue weighted by Gasteiger charge is 1.93. The Balaban J connectivity index is 0.000000500. The van der Waals surface area contributed by atoms with E-state index in [0.29, 0.717) is 0 Å². The van der Waals surface area contributed by atoms with Gasteiger partial charge < -0.3 is 5.48 Å². The average molecular weight is 153 g/mol. The Hall–Kier alpha value is -0.930. The van der Waals surface area contributed by atoms with E-state index >= 15 is 0 Å². The molecule has 2 N–H and O–H groups in total. The van der Waals surface area contributed by atoms with Crippen LogP contribution in [0.1, 0.15) is 0 Å². The number of rotatable bonds is 0. The van der Waals surface area contributed by atoms with Gasteiger partial charge in [0.05, 0.1) is 4.70 Å². The maximum atomic E-state index is 3.03. The molecule has 0 aliphatic carbocycles. The normalized spacial score (nSPS) is 9.20. The number of hydrogen-bond donors (Lipinski definition) is 0. The van der Waals surface area contributed by atoms with Crippen LogP contribution in [0.3, 0.4) is 0 Å². The van der Waals surface area contributed by atoms with Gasteiger partial charge in [0.25, 0.3) is 0 Å². The van der Waals surface area contributed by atoms with Gasteiger partial charge >= 0.3 is 0 Å². The topological polar surface area (TPSA) is 44.1 Å². The summed E-state index contributed by atoms with van der Waals surface area (Å²) in [5.74, 6) is 0. The smallest absolute Gasteiger partial charge is 0.184 e. The van der Waals surface area contributed by atoms with Gasteiger partial charge in [0.15, 0.2) is 12.4 Å². The third-order valence-corrected chi connectivity index (χ3v) is 2.18. The zero-order chi connectivity index (χ0) is 6.10. The number of H-pyrrole nitrogens is 1. The van der Waals surface area contributed by atoms with Crippen molar-refractivity contribution in [3.63, 3.8) is 0 Å². The number of hydrogen-bond acceptors (Lipinski definition) is 2. The van der Waals surface area contributed by atoms with Crippen molar-refractivity contribution in [2.45, 2.75) is 0 Å². The van der Waals surface area contributed by atoms with Crippen molar-refractivity contribution >= 4 is 21.4 Å². The first kappa shape index (κ1) is 7.18. The number of pyridine rings is 1. The van der Waals surface area contributed by atoms with Crippen molar-refractivity contribution in [2.75, 3.05) is 0 Å². The largest absolute Gasteiger partial charge is 0.870 e. The fourth-order valence-corrected chi connectivity index (χ4v) is 1.62. The Kier molecular flexibility index (Phi) is 1.99. The number of fused-ring (bicyclic) bond motifs is 1. The van der Waals surface area contributed by atoms with Crippen LogP contribution in [0.4, 0.5) is 0 Å². The highest BCUT2D eigenvalue weighted by molar-refractivity contribution is 7.17. The number of aromatic nitrogens is 1. The van der Waals surface area contributed by atoms with Crippen LogP contribution < -0.4 is 4.98 Å². The van der Waals surface area contributed by atoms with Crippen LogP contribution in [0.2, 0.25) is 0 Å². The lowest BCUT2D eigenvalue weighted by Crippen LogP contribution is -1.95. The minimum atomic E-state index is 0. The molecule has 2 rings (SSSR count). The van der Waals surface area contributed by atoms with Crippen molar-refractivity contribution < 1.29 is 10.5 Å². The van der Waals surface area contributed by atoms with E-state index in [1.807, 2.05) is 12.4 Å². The number of thiophene rings is 1. The molecule has 0 atom stereocenters. The Bertz CT molecular complexity index is 288.